The van der Waals surface area contributed by atoms with Crippen LogP contribution in [0.3, 0.4) is 0 Å². The number of benzene rings is 1. The predicted molar refractivity (Wildman–Crippen MR) is 75.3 cm³/mol. The van der Waals surface area contributed by atoms with E-state index in [0.29, 0.717) is 0 Å². The van der Waals surface area contributed by atoms with Crippen molar-refractivity contribution in [3.8, 4) is 0 Å². The van der Waals surface area contributed by atoms with Crippen molar-refractivity contribution in [2.75, 3.05) is 12.0 Å². The lowest BCUT2D eigenvalue weighted by molar-refractivity contribution is -0.123. The summed E-state index contributed by atoms with van der Waals surface area (Å²) in [4.78, 5) is 11.8. The number of nitrogens with one attached hydrogen (secondary N) is 1. The second-order valence-corrected chi connectivity index (χ2v) is 6.93. The van der Waals surface area contributed by atoms with E-state index in [9.17, 15) is 13.2 Å². The molecule has 0 aliphatic heterocycles. The molecule has 19 heavy (non-hydrogen) atoms. The Morgan fingerprint density at radius 2 is 1.89 bits per heavy atom. The van der Waals surface area contributed by atoms with Gasteiger partial charge in [-0.05, 0) is 18.9 Å². The van der Waals surface area contributed by atoms with Crippen LogP contribution in [0.4, 0.5) is 0 Å². The molecule has 5 nitrogen and oxygen atoms in total. The van der Waals surface area contributed by atoms with Crippen LogP contribution >= 0.6 is 0 Å². The zero-order valence-electron chi connectivity index (χ0n) is 11.2. The molecule has 2 atom stereocenters. The van der Waals surface area contributed by atoms with E-state index >= 15 is 0 Å². The van der Waals surface area contributed by atoms with Crippen LogP contribution in [0, 0.1) is 0 Å². The summed E-state index contributed by atoms with van der Waals surface area (Å²) in [7, 11) is -3.09. The van der Waals surface area contributed by atoms with Gasteiger partial charge < -0.3 is 11.1 Å². The minimum absolute atomic E-state index is 0.0820. The lowest BCUT2D eigenvalue weighted by Gasteiger charge is -2.17. The SMILES string of the molecule is C[C@@H](NC(=O)C(N)CCS(C)(=O)=O)c1ccccc1. The molecule has 0 fully saturated rings. The van der Waals surface area contributed by atoms with Crippen molar-refractivity contribution in [1.29, 1.82) is 0 Å². The number of amides is 1. The molecular formula is C13H20N2O3S. The van der Waals surface area contributed by atoms with Gasteiger partial charge in [-0.3, -0.25) is 4.79 Å². The number of sulfone groups is 1. The Balaban J connectivity index is 2.50. The molecule has 6 heteroatoms. The highest BCUT2D eigenvalue weighted by molar-refractivity contribution is 7.90. The van der Waals surface area contributed by atoms with Crippen molar-refractivity contribution < 1.29 is 13.2 Å². The molecule has 0 bridgehead atoms. The van der Waals surface area contributed by atoms with Crippen molar-refractivity contribution in [3.05, 3.63) is 35.9 Å². The number of rotatable bonds is 6. The summed E-state index contributed by atoms with van der Waals surface area (Å²) >= 11 is 0. The standard InChI is InChI=1S/C13H20N2O3S/c1-10(11-6-4-3-5-7-11)15-13(16)12(14)8-9-19(2,17)18/h3-7,10,12H,8-9,14H2,1-2H3,(H,15,16)/t10-,12?/m1/s1. The van der Waals surface area contributed by atoms with Gasteiger partial charge in [0.2, 0.25) is 5.91 Å². The van der Waals surface area contributed by atoms with E-state index in [-0.39, 0.29) is 24.1 Å². The zero-order valence-corrected chi connectivity index (χ0v) is 12.0. The van der Waals surface area contributed by atoms with Crippen LogP contribution in [0.1, 0.15) is 24.9 Å². The highest BCUT2D eigenvalue weighted by Crippen LogP contribution is 2.11. The fourth-order valence-corrected chi connectivity index (χ4v) is 2.30. The van der Waals surface area contributed by atoms with Gasteiger partial charge in [0.05, 0.1) is 17.8 Å². The maximum Gasteiger partial charge on any atom is 0.237 e. The van der Waals surface area contributed by atoms with Gasteiger partial charge >= 0.3 is 0 Å². The van der Waals surface area contributed by atoms with Crippen LogP contribution in [-0.4, -0.2) is 32.4 Å². The number of nitrogens with two attached hydrogens (primary N) is 1. The van der Waals surface area contributed by atoms with E-state index in [2.05, 4.69) is 5.32 Å². The molecule has 1 aromatic carbocycles. The third-order valence-electron chi connectivity index (χ3n) is 2.79. The number of carbonyl (C=O) groups excluding carboxylic acids is 1. The second kappa shape index (κ2) is 6.68. The molecule has 1 aromatic rings. The molecule has 0 saturated heterocycles. The third kappa shape index (κ3) is 5.85. The molecule has 3 N–H and O–H groups in total. The maximum absolute atomic E-state index is 11.8. The van der Waals surface area contributed by atoms with E-state index in [4.69, 9.17) is 5.73 Å². The molecular weight excluding hydrogens is 264 g/mol. The third-order valence-corrected chi connectivity index (χ3v) is 3.77. The average molecular weight is 284 g/mol. The lowest BCUT2D eigenvalue weighted by atomic mass is 10.1. The van der Waals surface area contributed by atoms with Crippen LogP contribution in [0.2, 0.25) is 0 Å². The normalized spacial score (nSPS) is 14.7. The Morgan fingerprint density at radius 3 is 2.42 bits per heavy atom. The van der Waals surface area contributed by atoms with Gasteiger partial charge in [0, 0.05) is 6.26 Å². The Labute approximate surface area is 114 Å². The number of hydrogen-bond donors (Lipinski definition) is 2. The van der Waals surface area contributed by atoms with Crippen molar-refractivity contribution in [2.45, 2.75) is 25.4 Å². The molecule has 0 spiro atoms. The van der Waals surface area contributed by atoms with E-state index in [1.807, 2.05) is 37.3 Å². The highest BCUT2D eigenvalue weighted by Gasteiger charge is 2.18. The van der Waals surface area contributed by atoms with Crippen molar-refractivity contribution in [1.82, 2.24) is 5.32 Å². The zero-order chi connectivity index (χ0) is 14.5. The monoisotopic (exact) mass is 284 g/mol. The van der Waals surface area contributed by atoms with Crippen LogP contribution in [-0.2, 0) is 14.6 Å². The summed E-state index contributed by atoms with van der Waals surface area (Å²) in [5, 5.41) is 2.77. The van der Waals surface area contributed by atoms with E-state index < -0.39 is 15.9 Å². The van der Waals surface area contributed by atoms with Crippen molar-refractivity contribution in [2.24, 2.45) is 5.73 Å². The van der Waals surface area contributed by atoms with E-state index in [1.165, 1.54) is 0 Å². The first-order valence-electron chi connectivity index (χ1n) is 6.08. The van der Waals surface area contributed by atoms with Gasteiger partial charge in [0.1, 0.15) is 9.84 Å². The summed E-state index contributed by atoms with van der Waals surface area (Å²) in [5.74, 6) is -0.415. The smallest absolute Gasteiger partial charge is 0.237 e. The second-order valence-electron chi connectivity index (χ2n) is 4.67. The Morgan fingerprint density at radius 1 is 1.32 bits per heavy atom. The molecule has 0 aliphatic carbocycles. The Hall–Kier alpha value is -1.40. The first-order chi connectivity index (χ1) is 8.79. The number of hydrogen-bond acceptors (Lipinski definition) is 4. The molecule has 0 radical (unpaired) electrons. The Bertz CT molecular complexity index is 514. The van der Waals surface area contributed by atoms with Crippen LogP contribution in [0.15, 0.2) is 30.3 Å². The van der Waals surface area contributed by atoms with Gasteiger partial charge in [-0.1, -0.05) is 30.3 Å². The fraction of sp³-hybridized carbons (Fsp3) is 0.462. The summed E-state index contributed by atoms with van der Waals surface area (Å²) in [6.07, 6.45) is 1.26. The summed E-state index contributed by atoms with van der Waals surface area (Å²) in [6, 6.07) is 8.54. The first kappa shape index (κ1) is 15.7. The van der Waals surface area contributed by atoms with Crippen LogP contribution in [0.5, 0.6) is 0 Å². The molecule has 0 heterocycles. The van der Waals surface area contributed by atoms with E-state index in [1.54, 1.807) is 0 Å². The van der Waals surface area contributed by atoms with Crippen LogP contribution in [0.25, 0.3) is 0 Å². The summed E-state index contributed by atoms with van der Waals surface area (Å²) in [6.45, 7) is 1.86. The first-order valence-corrected chi connectivity index (χ1v) is 8.14. The van der Waals surface area contributed by atoms with Gasteiger partial charge in [-0.25, -0.2) is 8.42 Å². The quantitative estimate of drug-likeness (QED) is 0.801. The fourth-order valence-electron chi connectivity index (χ4n) is 1.62. The average Bonchev–Trinajstić information content (AvgIpc) is 2.36. The van der Waals surface area contributed by atoms with Gasteiger partial charge in [0.25, 0.3) is 0 Å². The molecule has 1 amide bonds. The molecule has 0 aliphatic rings. The molecule has 0 saturated carbocycles. The Kier molecular flexibility index (Phi) is 5.50. The number of carbonyl (C=O) groups is 1. The minimum Gasteiger partial charge on any atom is -0.348 e. The molecule has 0 aromatic heterocycles. The van der Waals surface area contributed by atoms with Gasteiger partial charge in [0.15, 0.2) is 0 Å². The minimum atomic E-state index is -3.09. The van der Waals surface area contributed by atoms with Gasteiger partial charge in [-0.15, -0.1) is 0 Å². The highest BCUT2D eigenvalue weighted by atomic mass is 32.2. The molecule has 106 valence electrons. The lowest BCUT2D eigenvalue weighted by Crippen LogP contribution is -2.42. The van der Waals surface area contributed by atoms with Gasteiger partial charge in [-0.2, -0.15) is 0 Å². The summed E-state index contributed by atoms with van der Waals surface area (Å²) < 4.78 is 22.0. The molecule has 1 unspecified atom stereocenters. The predicted octanol–water partition coefficient (Wildman–Crippen LogP) is 0.626. The van der Waals surface area contributed by atoms with Crippen molar-refractivity contribution in [3.63, 3.8) is 0 Å². The largest absolute Gasteiger partial charge is 0.348 e. The molecule has 1 rings (SSSR count). The van der Waals surface area contributed by atoms with Crippen LogP contribution < -0.4 is 11.1 Å². The van der Waals surface area contributed by atoms with E-state index in [0.717, 1.165) is 11.8 Å². The van der Waals surface area contributed by atoms with Crippen molar-refractivity contribution >= 4 is 15.7 Å². The topological polar surface area (TPSA) is 89.3 Å². The maximum atomic E-state index is 11.8. The summed E-state index contributed by atoms with van der Waals surface area (Å²) in [5.41, 5.74) is 6.65.